The molecule has 0 spiro atoms. The second kappa shape index (κ2) is 6.92. The smallest absolute Gasteiger partial charge is 0.273 e. The van der Waals surface area contributed by atoms with Gasteiger partial charge in [-0.2, -0.15) is 0 Å². The topological polar surface area (TPSA) is 58.4 Å². The summed E-state index contributed by atoms with van der Waals surface area (Å²) in [7, 11) is 0. The van der Waals surface area contributed by atoms with E-state index in [2.05, 4.69) is 15.4 Å². The molecule has 0 saturated carbocycles. The van der Waals surface area contributed by atoms with Crippen LogP contribution in [0.1, 0.15) is 48.1 Å². The number of carbonyl (C=O) groups excluding carboxylic acids is 1. The van der Waals surface area contributed by atoms with Gasteiger partial charge < -0.3 is 9.84 Å². The average Bonchev–Trinajstić information content (AvgIpc) is 3.16. The molecule has 1 N–H and O–H groups in total. The van der Waals surface area contributed by atoms with Crippen LogP contribution in [0.2, 0.25) is 0 Å². The molecule has 2 atom stereocenters. The highest BCUT2D eigenvalue weighted by molar-refractivity contribution is 5.92. The van der Waals surface area contributed by atoms with Gasteiger partial charge in [0.25, 0.3) is 5.91 Å². The number of amides is 1. The first-order chi connectivity index (χ1) is 11.9. The fourth-order valence-electron chi connectivity index (χ4n) is 3.38. The molecule has 2 aromatic rings. The molecule has 3 rings (SSSR count). The molecule has 0 aliphatic carbocycles. The maximum Gasteiger partial charge on any atom is 0.273 e. The van der Waals surface area contributed by atoms with Crippen molar-refractivity contribution in [2.75, 3.05) is 6.54 Å². The summed E-state index contributed by atoms with van der Waals surface area (Å²) in [6, 6.07) is 5.22. The van der Waals surface area contributed by atoms with Crippen LogP contribution in [-0.4, -0.2) is 34.6 Å². The molecule has 0 unspecified atom stereocenters. The van der Waals surface area contributed by atoms with Gasteiger partial charge in [-0.15, -0.1) is 0 Å². The Bertz CT molecular complexity index is 775. The first-order valence-electron chi connectivity index (χ1n) is 8.31. The van der Waals surface area contributed by atoms with Crippen molar-refractivity contribution in [1.82, 2.24) is 15.4 Å². The van der Waals surface area contributed by atoms with Gasteiger partial charge in [0.05, 0.1) is 12.1 Å². The lowest BCUT2D eigenvalue weighted by molar-refractivity contribution is 0.0910. The van der Waals surface area contributed by atoms with Crippen molar-refractivity contribution in [2.45, 2.75) is 45.3 Å². The van der Waals surface area contributed by atoms with Crippen LogP contribution in [0.25, 0.3) is 0 Å². The van der Waals surface area contributed by atoms with E-state index in [0.29, 0.717) is 17.7 Å². The number of nitrogens with one attached hydrogen (secondary N) is 1. The van der Waals surface area contributed by atoms with Crippen molar-refractivity contribution in [3.05, 3.63) is 52.9 Å². The van der Waals surface area contributed by atoms with E-state index >= 15 is 0 Å². The number of carbonyl (C=O) groups is 1. The highest BCUT2D eigenvalue weighted by atomic mass is 19.2. The number of hydrogen-bond acceptors (Lipinski definition) is 4. The fraction of sp³-hybridized carbons (Fsp3) is 0.444. The van der Waals surface area contributed by atoms with Gasteiger partial charge in [-0.25, -0.2) is 8.78 Å². The third kappa shape index (κ3) is 3.56. The first kappa shape index (κ1) is 17.5. The summed E-state index contributed by atoms with van der Waals surface area (Å²) in [5.74, 6) is -1.54. The third-order valence-electron chi connectivity index (χ3n) is 4.56. The highest BCUT2D eigenvalue weighted by Gasteiger charge is 2.38. The van der Waals surface area contributed by atoms with E-state index in [0.717, 1.165) is 12.6 Å². The lowest BCUT2D eigenvalue weighted by Gasteiger charge is -2.31. The summed E-state index contributed by atoms with van der Waals surface area (Å²) in [5.41, 5.74) is 0.858. The average molecular weight is 349 g/mol. The Kier molecular flexibility index (Phi) is 4.85. The van der Waals surface area contributed by atoms with E-state index in [1.54, 1.807) is 19.1 Å². The van der Waals surface area contributed by atoms with Crippen LogP contribution in [0.5, 0.6) is 0 Å². The molecular formula is C18H21F2N3O2. The van der Waals surface area contributed by atoms with Crippen LogP contribution >= 0.6 is 0 Å². The molecule has 1 aliphatic heterocycles. The summed E-state index contributed by atoms with van der Waals surface area (Å²) in [6.45, 7) is 6.55. The van der Waals surface area contributed by atoms with E-state index < -0.39 is 11.6 Å². The summed E-state index contributed by atoms with van der Waals surface area (Å²) in [4.78, 5) is 14.6. The summed E-state index contributed by atoms with van der Waals surface area (Å²) in [5, 5.41) is 6.68. The zero-order valence-electron chi connectivity index (χ0n) is 14.4. The van der Waals surface area contributed by atoms with Crippen molar-refractivity contribution in [3.8, 4) is 0 Å². The quantitative estimate of drug-likeness (QED) is 0.921. The van der Waals surface area contributed by atoms with Gasteiger partial charge in [-0.05, 0) is 44.9 Å². The predicted octanol–water partition coefficient (Wildman–Crippen LogP) is 3.22. The summed E-state index contributed by atoms with van der Waals surface area (Å²) >= 11 is 0. The van der Waals surface area contributed by atoms with Crippen molar-refractivity contribution in [3.63, 3.8) is 0 Å². The molecule has 5 nitrogen and oxygen atoms in total. The molecule has 25 heavy (non-hydrogen) atoms. The van der Waals surface area contributed by atoms with E-state index in [-0.39, 0.29) is 29.7 Å². The van der Waals surface area contributed by atoms with Gasteiger partial charge in [0.1, 0.15) is 5.76 Å². The van der Waals surface area contributed by atoms with Crippen LogP contribution in [0.4, 0.5) is 8.78 Å². The molecule has 1 aliphatic rings. The molecule has 134 valence electrons. The highest BCUT2D eigenvalue weighted by Crippen LogP contribution is 2.34. The minimum Gasteiger partial charge on any atom is -0.361 e. The zero-order chi connectivity index (χ0) is 18.1. The Hall–Kier alpha value is -2.28. The minimum atomic E-state index is -0.884. The number of benzene rings is 1. The number of nitrogens with zero attached hydrogens (tertiary/aromatic N) is 2. The Morgan fingerprint density at radius 2 is 2.08 bits per heavy atom. The van der Waals surface area contributed by atoms with Crippen molar-refractivity contribution < 1.29 is 18.1 Å². The third-order valence-corrected chi connectivity index (χ3v) is 4.56. The van der Waals surface area contributed by atoms with Crippen LogP contribution < -0.4 is 5.32 Å². The number of likely N-dealkylation sites (tertiary alicyclic amines) is 1. The van der Waals surface area contributed by atoms with Crippen LogP contribution in [0.3, 0.4) is 0 Å². The second-order valence-electron chi connectivity index (χ2n) is 6.64. The van der Waals surface area contributed by atoms with E-state index in [4.69, 9.17) is 4.52 Å². The number of rotatable bonds is 4. The maximum absolute atomic E-state index is 13.7. The van der Waals surface area contributed by atoms with Crippen molar-refractivity contribution in [1.29, 1.82) is 0 Å². The molecule has 1 aromatic carbocycles. The van der Waals surface area contributed by atoms with Gasteiger partial charge in [-0.3, -0.25) is 9.69 Å². The Morgan fingerprint density at radius 1 is 1.32 bits per heavy atom. The predicted molar refractivity (Wildman–Crippen MR) is 88.1 cm³/mol. The zero-order valence-corrected chi connectivity index (χ0v) is 14.4. The van der Waals surface area contributed by atoms with Gasteiger partial charge in [0.2, 0.25) is 0 Å². The molecule has 1 amide bonds. The Balaban J connectivity index is 1.86. The van der Waals surface area contributed by atoms with Crippen LogP contribution in [0, 0.1) is 18.6 Å². The van der Waals surface area contributed by atoms with Gasteiger partial charge in [0.15, 0.2) is 17.3 Å². The molecular weight excluding hydrogens is 328 g/mol. The SMILES string of the molecule is Cc1cc(C(=O)N[C@@H]2CCN(C(C)C)[C@H]2c2ccc(F)c(F)c2)no1. The molecule has 1 saturated heterocycles. The standard InChI is InChI=1S/C18H21F2N3O2/c1-10(2)23-7-6-15(21-18(24)16-8-11(3)25-22-16)17(23)12-4-5-13(19)14(20)9-12/h4-5,8-10,15,17H,6-7H2,1-3H3,(H,21,24)/t15-,17+/m1/s1. The summed E-state index contributed by atoms with van der Waals surface area (Å²) < 4.78 is 31.9. The van der Waals surface area contributed by atoms with E-state index in [1.807, 2.05) is 13.8 Å². The second-order valence-corrected chi connectivity index (χ2v) is 6.64. The van der Waals surface area contributed by atoms with Crippen LogP contribution in [-0.2, 0) is 0 Å². The first-order valence-corrected chi connectivity index (χ1v) is 8.31. The number of halogens is 2. The summed E-state index contributed by atoms with van der Waals surface area (Å²) in [6.07, 6.45) is 0.713. The Labute approximate surface area is 145 Å². The molecule has 1 fully saturated rings. The monoisotopic (exact) mass is 349 g/mol. The van der Waals surface area contributed by atoms with E-state index in [1.165, 1.54) is 6.07 Å². The van der Waals surface area contributed by atoms with Crippen LogP contribution in [0.15, 0.2) is 28.8 Å². The number of aryl methyl sites for hydroxylation is 1. The van der Waals surface area contributed by atoms with Gasteiger partial charge in [0, 0.05) is 18.7 Å². The molecule has 7 heteroatoms. The number of hydrogen-bond donors (Lipinski definition) is 1. The fourth-order valence-corrected chi connectivity index (χ4v) is 3.38. The molecule has 1 aromatic heterocycles. The Morgan fingerprint density at radius 3 is 2.68 bits per heavy atom. The van der Waals surface area contributed by atoms with Crippen molar-refractivity contribution >= 4 is 5.91 Å². The maximum atomic E-state index is 13.7. The van der Waals surface area contributed by atoms with E-state index in [9.17, 15) is 13.6 Å². The lowest BCUT2D eigenvalue weighted by Crippen LogP contribution is -2.41. The van der Waals surface area contributed by atoms with Gasteiger partial charge >= 0.3 is 0 Å². The van der Waals surface area contributed by atoms with Crippen molar-refractivity contribution in [2.24, 2.45) is 0 Å². The molecule has 2 heterocycles. The van der Waals surface area contributed by atoms with Gasteiger partial charge in [-0.1, -0.05) is 11.2 Å². The molecule has 0 radical (unpaired) electrons. The normalized spacial score (nSPS) is 21.0. The minimum absolute atomic E-state index is 0.203. The largest absolute Gasteiger partial charge is 0.361 e. The number of aromatic nitrogens is 1. The molecule has 0 bridgehead atoms. The lowest BCUT2D eigenvalue weighted by atomic mass is 9.99.